The number of anilines is 1. The van der Waals surface area contributed by atoms with Gasteiger partial charge in [-0.2, -0.15) is 5.26 Å². The van der Waals surface area contributed by atoms with E-state index in [2.05, 4.69) is 21.2 Å². The van der Waals surface area contributed by atoms with Gasteiger partial charge in [-0.15, -0.1) is 0 Å². The minimum absolute atomic E-state index is 0.0934. The average molecular weight is 422 g/mol. The molecule has 2 aromatic rings. The number of amides is 1. The second-order valence-electron chi connectivity index (χ2n) is 4.83. The molecule has 2 rings (SSSR count). The number of hydrogen-bond donors (Lipinski definition) is 1. The molecule has 0 saturated heterocycles. The Bertz CT molecular complexity index is 875. The maximum absolute atomic E-state index is 12.4. The van der Waals surface area contributed by atoms with Crippen LogP contribution < -0.4 is 14.8 Å². The van der Waals surface area contributed by atoms with Gasteiger partial charge in [0.2, 0.25) is 0 Å². The van der Waals surface area contributed by atoms with Crippen molar-refractivity contribution in [1.29, 1.82) is 5.26 Å². The molecule has 5 nitrogen and oxygen atoms in total. The topological polar surface area (TPSA) is 71.3 Å². The predicted molar refractivity (Wildman–Crippen MR) is 101 cm³/mol. The third-order valence-corrected chi connectivity index (χ3v) is 4.28. The minimum Gasteiger partial charge on any atom is -0.497 e. The fourth-order valence-electron chi connectivity index (χ4n) is 2.04. The molecule has 0 aliphatic rings. The van der Waals surface area contributed by atoms with Gasteiger partial charge in [-0.05, 0) is 40.2 Å². The zero-order valence-electron chi connectivity index (χ0n) is 13.5. The van der Waals surface area contributed by atoms with Crippen molar-refractivity contribution < 1.29 is 14.3 Å². The Morgan fingerprint density at radius 2 is 2.00 bits per heavy atom. The number of nitriles is 1. The van der Waals surface area contributed by atoms with E-state index >= 15 is 0 Å². The monoisotopic (exact) mass is 420 g/mol. The number of methoxy groups -OCH3 is 2. The van der Waals surface area contributed by atoms with Crippen LogP contribution in [0, 0.1) is 11.3 Å². The van der Waals surface area contributed by atoms with Gasteiger partial charge >= 0.3 is 0 Å². The molecule has 0 fully saturated rings. The third kappa shape index (κ3) is 4.53. The Hall–Kier alpha value is -2.49. The molecule has 0 bridgehead atoms. The molecule has 0 unspecified atom stereocenters. The minimum atomic E-state index is -0.569. The highest BCUT2D eigenvalue weighted by Gasteiger charge is 2.15. The van der Waals surface area contributed by atoms with E-state index < -0.39 is 5.91 Å². The van der Waals surface area contributed by atoms with Crippen LogP contribution in [0.5, 0.6) is 11.5 Å². The molecule has 0 saturated carbocycles. The Kier molecular flexibility index (Phi) is 6.45. The number of hydrogen-bond acceptors (Lipinski definition) is 4. The van der Waals surface area contributed by atoms with Crippen molar-refractivity contribution in [2.24, 2.45) is 0 Å². The number of nitrogens with one attached hydrogen (secondary N) is 1. The quantitative estimate of drug-likeness (QED) is 0.563. The summed E-state index contributed by atoms with van der Waals surface area (Å²) in [6.45, 7) is 0. The lowest BCUT2D eigenvalue weighted by Gasteiger charge is -2.11. The van der Waals surface area contributed by atoms with E-state index in [4.69, 9.17) is 21.1 Å². The van der Waals surface area contributed by atoms with E-state index in [1.165, 1.54) is 20.3 Å². The van der Waals surface area contributed by atoms with Gasteiger partial charge < -0.3 is 14.8 Å². The Labute approximate surface area is 158 Å². The van der Waals surface area contributed by atoms with Crippen LogP contribution >= 0.6 is 27.5 Å². The number of carbonyl (C=O) groups is 1. The lowest BCUT2D eigenvalue weighted by molar-refractivity contribution is -0.112. The van der Waals surface area contributed by atoms with Crippen molar-refractivity contribution in [3.05, 3.63) is 57.0 Å². The summed E-state index contributed by atoms with van der Waals surface area (Å²) in [6, 6.07) is 12.1. The van der Waals surface area contributed by atoms with Crippen LogP contribution in [0.1, 0.15) is 5.56 Å². The zero-order valence-corrected chi connectivity index (χ0v) is 15.8. The van der Waals surface area contributed by atoms with Crippen LogP contribution in [0.2, 0.25) is 5.02 Å². The molecule has 128 valence electrons. The molecule has 0 aliphatic carbocycles. The summed E-state index contributed by atoms with van der Waals surface area (Å²) in [5.41, 5.74) is 0.884. The maximum Gasteiger partial charge on any atom is 0.266 e. The average Bonchev–Trinajstić information content (AvgIpc) is 2.61. The van der Waals surface area contributed by atoms with Crippen molar-refractivity contribution >= 4 is 45.2 Å². The van der Waals surface area contributed by atoms with E-state index in [9.17, 15) is 10.1 Å². The second-order valence-corrected chi connectivity index (χ2v) is 6.09. The van der Waals surface area contributed by atoms with Crippen LogP contribution in [0.15, 0.2) is 46.4 Å². The van der Waals surface area contributed by atoms with Gasteiger partial charge in [-0.25, -0.2) is 0 Å². The standard InChI is InChI=1S/C18H14BrClN2O3/c1-24-12-8-14(19)13(17(9-12)25-2)7-11(10-21)18(23)22-16-6-4-3-5-15(16)20/h3-9H,1-2H3,(H,22,23)/b11-7+. The number of benzene rings is 2. The van der Waals surface area contributed by atoms with Crippen molar-refractivity contribution in [3.63, 3.8) is 0 Å². The molecule has 0 spiro atoms. The first-order valence-corrected chi connectivity index (χ1v) is 8.26. The molecule has 0 aliphatic heterocycles. The molecule has 0 radical (unpaired) electrons. The molecular weight excluding hydrogens is 408 g/mol. The van der Waals surface area contributed by atoms with Gasteiger partial charge in [0, 0.05) is 16.1 Å². The number of ether oxygens (including phenoxy) is 2. The highest BCUT2D eigenvalue weighted by Crippen LogP contribution is 2.34. The third-order valence-electron chi connectivity index (χ3n) is 3.30. The van der Waals surface area contributed by atoms with Gasteiger partial charge in [0.25, 0.3) is 5.91 Å². The molecule has 25 heavy (non-hydrogen) atoms. The lowest BCUT2D eigenvalue weighted by atomic mass is 10.1. The first kappa shape index (κ1) is 18.8. The first-order valence-electron chi connectivity index (χ1n) is 7.09. The Balaban J connectivity index is 2.39. The Morgan fingerprint density at radius 3 is 2.60 bits per heavy atom. The van der Waals surface area contributed by atoms with Gasteiger partial charge in [0.05, 0.1) is 24.9 Å². The van der Waals surface area contributed by atoms with E-state index in [0.29, 0.717) is 32.2 Å². The van der Waals surface area contributed by atoms with Crippen molar-refractivity contribution in [1.82, 2.24) is 0 Å². The fraction of sp³-hybridized carbons (Fsp3) is 0.111. The van der Waals surface area contributed by atoms with E-state index in [1.54, 1.807) is 36.4 Å². The van der Waals surface area contributed by atoms with E-state index in [-0.39, 0.29) is 5.57 Å². The smallest absolute Gasteiger partial charge is 0.266 e. The number of rotatable bonds is 5. The van der Waals surface area contributed by atoms with Gasteiger partial charge in [0.15, 0.2) is 0 Å². The molecule has 7 heteroatoms. The number of halogens is 2. The predicted octanol–water partition coefficient (Wildman–Crippen LogP) is 4.67. The molecular formula is C18H14BrClN2O3. The van der Waals surface area contributed by atoms with Gasteiger partial charge in [0.1, 0.15) is 23.1 Å². The largest absolute Gasteiger partial charge is 0.497 e. The van der Waals surface area contributed by atoms with Crippen molar-refractivity contribution in [2.75, 3.05) is 19.5 Å². The van der Waals surface area contributed by atoms with E-state index in [0.717, 1.165) is 0 Å². The summed E-state index contributed by atoms with van der Waals surface area (Å²) in [5.74, 6) is 0.477. The van der Waals surface area contributed by atoms with Crippen LogP contribution in [-0.4, -0.2) is 20.1 Å². The highest BCUT2D eigenvalue weighted by molar-refractivity contribution is 9.10. The van der Waals surface area contributed by atoms with Crippen LogP contribution in [0.4, 0.5) is 5.69 Å². The molecule has 0 atom stereocenters. The number of carbonyl (C=O) groups excluding carboxylic acids is 1. The highest BCUT2D eigenvalue weighted by atomic mass is 79.9. The first-order chi connectivity index (χ1) is 12.0. The maximum atomic E-state index is 12.4. The SMILES string of the molecule is COc1cc(Br)c(/C=C(\C#N)C(=O)Nc2ccccc2Cl)c(OC)c1. The van der Waals surface area contributed by atoms with E-state index in [1.807, 2.05) is 6.07 Å². The fourth-order valence-corrected chi connectivity index (χ4v) is 2.76. The summed E-state index contributed by atoms with van der Waals surface area (Å²) in [5, 5.41) is 12.4. The van der Waals surface area contributed by atoms with Crippen LogP contribution in [-0.2, 0) is 4.79 Å². The molecule has 0 aromatic heterocycles. The second kappa shape index (κ2) is 8.56. The van der Waals surface area contributed by atoms with Gasteiger partial charge in [-0.3, -0.25) is 4.79 Å². The van der Waals surface area contributed by atoms with Crippen molar-refractivity contribution in [2.45, 2.75) is 0 Å². The lowest BCUT2D eigenvalue weighted by Crippen LogP contribution is -2.13. The summed E-state index contributed by atoms with van der Waals surface area (Å²) < 4.78 is 11.1. The zero-order chi connectivity index (χ0) is 18.4. The van der Waals surface area contributed by atoms with Crippen molar-refractivity contribution in [3.8, 4) is 17.6 Å². The molecule has 0 heterocycles. The number of para-hydroxylation sites is 1. The summed E-state index contributed by atoms with van der Waals surface area (Å²) >= 11 is 9.42. The molecule has 1 amide bonds. The molecule has 2 aromatic carbocycles. The summed E-state index contributed by atoms with van der Waals surface area (Å²) in [7, 11) is 3.03. The Morgan fingerprint density at radius 1 is 1.28 bits per heavy atom. The number of nitrogens with zero attached hydrogens (tertiary/aromatic N) is 1. The van der Waals surface area contributed by atoms with Gasteiger partial charge in [-0.1, -0.05) is 23.7 Å². The normalized spacial score (nSPS) is 10.8. The summed E-state index contributed by atoms with van der Waals surface area (Å²) in [6.07, 6.45) is 1.44. The van der Waals surface area contributed by atoms with Crippen LogP contribution in [0.25, 0.3) is 6.08 Å². The molecule has 1 N–H and O–H groups in total. The summed E-state index contributed by atoms with van der Waals surface area (Å²) in [4.78, 5) is 12.4. The van der Waals surface area contributed by atoms with Crippen LogP contribution in [0.3, 0.4) is 0 Å².